The predicted octanol–water partition coefficient (Wildman–Crippen LogP) is 0.492. The normalized spacial score (nSPS) is 40.2. The van der Waals surface area contributed by atoms with Crippen molar-refractivity contribution in [3.63, 3.8) is 0 Å². The van der Waals surface area contributed by atoms with E-state index < -0.39 is 5.97 Å². The standard InChI is InChI=1S/C7H11NO2.ClH/c9-6(10)7-1-2-8-4-5(7)3-7;/h5,8H,1-4H2,(H,9,10);1H/t5-,7+;/m0./s1. The van der Waals surface area contributed by atoms with Crippen LogP contribution in [0.5, 0.6) is 0 Å². The van der Waals surface area contributed by atoms with Crippen LogP contribution in [0.4, 0.5) is 0 Å². The maximum absolute atomic E-state index is 10.7. The first-order valence-corrected chi connectivity index (χ1v) is 3.70. The van der Waals surface area contributed by atoms with Crippen molar-refractivity contribution in [2.75, 3.05) is 13.1 Å². The van der Waals surface area contributed by atoms with Crippen LogP contribution in [0.3, 0.4) is 0 Å². The summed E-state index contributed by atoms with van der Waals surface area (Å²) < 4.78 is 0. The smallest absolute Gasteiger partial charge is 0.310 e. The van der Waals surface area contributed by atoms with Gasteiger partial charge in [0.25, 0.3) is 0 Å². The topological polar surface area (TPSA) is 49.3 Å². The van der Waals surface area contributed by atoms with Gasteiger partial charge in [0.05, 0.1) is 5.41 Å². The molecule has 11 heavy (non-hydrogen) atoms. The highest BCUT2D eigenvalue weighted by Gasteiger charge is 2.60. The van der Waals surface area contributed by atoms with Crippen LogP contribution in [0, 0.1) is 11.3 Å². The third-order valence-corrected chi connectivity index (χ3v) is 2.80. The number of carbonyl (C=O) groups is 1. The number of carboxylic acids is 1. The molecule has 2 fully saturated rings. The van der Waals surface area contributed by atoms with Crippen LogP contribution in [-0.2, 0) is 4.79 Å². The Kier molecular flexibility index (Phi) is 2.12. The molecule has 0 amide bonds. The van der Waals surface area contributed by atoms with Crippen molar-refractivity contribution < 1.29 is 9.90 Å². The number of aliphatic carboxylic acids is 1. The molecule has 0 spiro atoms. The summed E-state index contributed by atoms with van der Waals surface area (Å²) in [4.78, 5) is 10.7. The fourth-order valence-corrected chi connectivity index (χ4v) is 1.91. The number of fused-ring (bicyclic) bond motifs is 1. The number of hydrogen-bond acceptors (Lipinski definition) is 2. The lowest BCUT2D eigenvalue weighted by atomic mass is 9.97. The molecule has 1 heterocycles. The van der Waals surface area contributed by atoms with Crippen LogP contribution in [-0.4, -0.2) is 24.2 Å². The monoisotopic (exact) mass is 177 g/mol. The lowest BCUT2D eigenvalue weighted by Crippen LogP contribution is -2.33. The van der Waals surface area contributed by atoms with Gasteiger partial charge in [-0.3, -0.25) is 4.79 Å². The SMILES string of the molecule is Cl.O=C(O)[C@@]12CCNC[C@@H]1C2. The van der Waals surface area contributed by atoms with Crippen LogP contribution in [0.25, 0.3) is 0 Å². The zero-order valence-electron chi connectivity index (χ0n) is 6.17. The summed E-state index contributed by atoms with van der Waals surface area (Å²) in [5.41, 5.74) is -0.300. The number of carboxylic acid groups (broad SMARTS) is 1. The molecule has 0 radical (unpaired) electrons. The number of halogens is 1. The van der Waals surface area contributed by atoms with Gasteiger partial charge < -0.3 is 10.4 Å². The van der Waals surface area contributed by atoms with Crippen molar-refractivity contribution in [2.24, 2.45) is 11.3 Å². The Morgan fingerprint density at radius 3 is 2.82 bits per heavy atom. The third kappa shape index (κ3) is 1.12. The molecule has 4 heteroatoms. The van der Waals surface area contributed by atoms with Crippen molar-refractivity contribution in [2.45, 2.75) is 12.8 Å². The average molecular weight is 178 g/mol. The van der Waals surface area contributed by atoms with Gasteiger partial charge in [0, 0.05) is 0 Å². The fraction of sp³-hybridized carbons (Fsp3) is 0.857. The Balaban J connectivity index is 0.000000605. The zero-order chi connectivity index (χ0) is 7.19. The van der Waals surface area contributed by atoms with Crippen molar-refractivity contribution >= 4 is 18.4 Å². The molecule has 0 unspecified atom stereocenters. The average Bonchev–Trinajstić information content (AvgIpc) is 2.61. The Morgan fingerprint density at radius 1 is 1.64 bits per heavy atom. The van der Waals surface area contributed by atoms with Gasteiger partial charge in [-0.05, 0) is 31.8 Å². The van der Waals surface area contributed by atoms with E-state index in [9.17, 15) is 4.79 Å². The van der Waals surface area contributed by atoms with Gasteiger partial charge in [-0.2, -0.15) is 0 Å². The summed E-state index contributed by atoms with van der Waals surface area (Å²) in [7, 11) is 0. The molecule has 2 rings (SSSR count). The van der Waals surface area contributed by atoms with E-state index in [1.807, 2.05) is 0 Å². The molecule has 0 aromatic rings. The molecule has 0 aromatic heterocycles. The summed E-state index contributed by atoms with van der Waals surface area (Å²) in [6.07, 6.45) is 1.72. The first-order valence-electron chi connectivity index (χ1n) is 3.70. The largest absolute Gasteiger partial charge is 0.481 e. The molecule has 1 saturated carbocycles. The third-order valence-electron chi connectivity index (χ3n) is 2.80. The number of nitrogens with one attached hydrogen (secondary N) is 1. The van der Waals surface area contributed by atoms with E-state index in [0.717, 1.165) is 25.9 Å². The Labute approximate surface area is 71.6 Å². The van der Waals surface area contributed by atoms with Crippen molar-refractivity contribution in [3.05, 3.63) is 0 Å². The van der Waals surface area contributed by atoms with Gasteiger partial charge in [0.15, 0.2) is 0 Å². The minimum Gasteiger partial charge on any atom is -0.481 e. The van der Waals surface area contributed by atoms with E-state index >= 15 is 0 Å². The van der Waals surface area contributed by atoms with Crippen molar-refractivity contribution in [3.8, 4) is 0 Å². The molecule has 0 aromatic carbocycles. The molecule has 3 nitrogen and oxygen atoms in total. The molecule has 2 N–H and O–H groups in total. The van der Waals surface area contributed by atoms with E-state index in [1.54, 1.807) is 0 Å². The van der Waals surface area contributed by atoms with E-state index in [1.165, 1.54) is 0 Å². The summed E-state index contributed by atoms with van der Waals surface area (Å²) in [5, 5.41) is 12.0. The molecule has 64 valence electrons. The maximum Gasteiger partial charge on any atom is 0.310 e. The predicted molar refractivity (Wildman–Crippen MR) is 42.9 cm³/mol. The second-order valence-corrected chi connectivity index (χ2v) is 3.32. The first-order chi connectivity index (χ1) is 4.76. The number of rotatable bonds is 1. The first kappa shape index (κ1) is 8.81. The maximum atomic E-state index is 10.7. The highest BCUT2D eigenvalue weighted by atomic mass is 35.5. The molecule has 0 bridgehead atoms. The van der Waals surface area contributed by atoms with Crippen LogP contribution < -0.4 is 5.32 Å². The van der Waals surface area contributed by atoms with Crippen molar-refractivity contribution in [1.82, 2.24) is 5.32 Å². The summed E-state index contributed by atoms with van der Waals surface area (Å²) in [5.74, 6) is -0.155. The summed E-state index contributed by atoms with van der Waals surface area (Å²) in [6, 6.07) is 0. The number of hydrogen-bond donors (Lipinski definition) is 2. The van der Waals surface area contributed by atoms with E-state index in [4.69, 9.17) is 5.11 Å². The minimum atomic E-state index is -0.584. The van der Waals surface area contributed by atoms with Crippen LogP contribution >= 0.6 is 12.4 Å². The summed E-state index contributed by atoms with van der Waals surface area (Å²) >= 11 is 0. The van der Waals surface area contributed by atoms with Crippen molar-refractivity contribution in [1.29, 1.82) is 0 Å². The lowest BCUT2D eigenvalue weighted by Gasteiger charge is -2.17. The van der Waals surface area contributed by atoms with Crippen LogP contribution in [0.15, 0.2) is 0 Å². The summed E-state index contributed by atoms with van der Waals surface area (Å²) in [6.45, 7) is 1.79. The molecular weight excluding hydrogens is 166 g/mol. The van der Waals surface area contributed by atoms with Gasteiger partial charge in [0.1, 0.15) is 0 Å². The van der Waals surface area contributed by atoms with Gasteiger partial charge in [-0.1, -0.05) is 0 Å². The van der Waals surface area contributed by atoms with Gasteiger partial charge in [-0.25, -0.2) is 0 Å². The second kappa shape index (κ2) is 2.64. The fourth-order valence-electron chi connectivity index (χ4n) is 1.91. The highest BCUT2D eigenvalue weighted by Crippen LogP contribution is 2.56. The molecule has 2 atom stereocenters. The van der Waals surface area contributed by atoms with Crippen LogP contribution in [0.1, 0.15) is 12.8 Å². The molecule has 2 aliphatic rings. The number of piperidine rings is 1. The van der Waals surface area contributed by atoms with E-state index in [2.05, 4.69) is 5.32 Å². The Bertz CT molecular complexity index is 185. The minimum absolute atomic E-state index is 0. The Morgan fingerprint density at radius 2 is 2.36 bits per heavy atom. The van der Waals surface area contributed by atoms with E-state index in [0.29, 0.717) is 5.92 Å². The molecule has 1 aliphatic heterocycles. The van der Waals surface area contributed by atoms with Crippen LogP contribution in [0.2, 0.25) is 0 Å². The van der Waals surface area contributed by atoms with Gasteiger partial charge in [-0.15, -0.1) is 12.4 Å². The van der Waals surface area contributed by atoms with Gasteiger partial charge >= 0.3 is 5.97 Å². The van der Waals surface area contributed by atoms with Gasteiger partial charge in [0.2, 0.25) is 0 Å². The van der Waals surface area contributed by atoms with E-state index in [-0.39, 0.29) is 17.8 Å². The quantitative estimate of drug-likeness (QED) is 0.613. The molecule has 1 aliphatic carbocycles. The highest BCUT2D eigenvalue weighted by molar-refractivity contribution is 5.85. The Hall–Kier alpha value is -0.280. The zero-order valence-corrected chi connectivity index (χ0v) is 6.99. The molecule has 1 saturated heterocycles. The second-order valence-electron chi connectivity index (χ2n) is 3.32. The lowest BCUT2D eigenvalue weighted by molar-refractivity contribution is -0.144. The molecular formula is C7H12ClNO2.